The second-order valence-electron chi connectivity index (χ2n) is 29.0. The van der Waals surface area contributed by atoms with Gasteiger partial charge in [-0.15, -0.1) is 0 Å². The zero-order valence-electron chi connectivity index (χ0n) is 68.0. The van der Waals surface area contributed by atoms with Crippen LogP contribution < -0.4 is 5.11 Å². The first-order valence-electron chi connectivity index (χ1n) is 42.6. The van der Waals surface area contributed by atoms with E-state index in [1.54, 1.807) is 0 Å². The minimum absolute atomic E-state index is 0.135. The second kappa shape index (κ2) is 83.8. The maximum atomic E-state index is 13.0. The van der Waals surface area contributed by atoms with Gasteiger partial charge in [0.15, 0.2) is 12.4 Å². The van der Waals surface area contributed by atoms with Crippen LogP contribution in [0.1, 0.15) is 335 Å². The largest absolute Gasteiger partial charge is 0.545 e. The van der Waals surface area contributed by atoms with Crippen molar-refractivity contribution in [3.8, 4) is 0 Å². The molecule has 0 aliphatic rings. The number of allylic oxidation sites excluding steroid dienone is 32. The van der Waals surface area contributed by atoms with Crippen LogP contribution >= 0.6 is 0 Å². The summed E-state index contributed by atoms with van der Waals surface area (Å²) in [6.45, 7) is 4.50. The molecule has 0 heterocycles. The van der Waals surface area contributed by atoms with Gasteiger partial charge in [0.05, 0.1) is 40.3 Å². The molecule has 0 aliphatic heterocycles. The molecule has 0 aromatic rings. The van der Waals surface area contributed by atoms with Crippen molar-refractivity contribution in [3.05, 3.63) is 194 Å². The number of hydrogen-bond acceptors (Lipinski definition) is 8. The van der Waals surface area contributed by atoms with Gasteiger partial charge in [0.2, 0.25) is 0 Å². The Morgan fingerprint density at radius 1 is 0.286 bits per heavy atom. The van der Waals surface area contributed by atoms with E-state index in [9.17, 15) is 19.5 Å². The average molecular weight is 1450 g/mol. The van der Waals surface area contributed by atoms with Gasteiger partial charge < -0.3 is 33.3 Å². The summed E-state index contributed by atoms with van der Waals surface area (Å²) in [7, 11) is 5.92. The Labute approximate surface area is 646 Å². The van der Waals surface area contributed by atoms with E-state index in [2.05, 4.69) is 208 Å². The third-order valence-electron chi connectivity index (χ3n) is 17.8. The predicted molar refractivity (Wildman–Crippen MR) is 453 cm³/mol. The Morgan fingerprint density at radius 2 is 0.514 bits per heavy atom. The summed E-state index contributed by atoms with van der Waals surface area (Å²) < 4.78 is 22.8. The molecule has 0 rings (SSSR count). The van der Waals surface area contributed by atoms with Gasteiger partial charge in [-0.2, -0.15) is 0 Å². The van der Waals surface area contributed by atoms with Gasteiger partial charge in [-0.25, -0.2) is 0 Å². The zero-order chi connectivity index (χ0) is 76.0. The van der Waals surface area contributed by atoms with E-state index in [0.29, 0.717) is 17.4 Å². The van der Waals surface area contributed by atoms with Crippen LogP contribution in [0.3, 0.4) is 0 Å². The molecule has 0 saturated carbocycles. The molecule has 0 spiro atoms. The fourth-order valence-corrected chi connectivity index (χ4v) is 11.5. The lowest BCUT2D eigenvalue weighted by molar-refractivity contribution is -0.870. The summed E-state index contributed by atoms with van der Waals surface area (Å²) in [5.74, 6) is -2.32. The maximum Gasteiger partial charge on any atom is 0.306 e. The molecule has 0 aromatic carbocycles. The number of rotatable bonds is 77. The molecule has 2 unspecified atom stereocenters. The molecule has 0 fully saturated rings. The van der Waals surface area contributed by atoms with E-state index >= 15 is 0 Å². The van der Waals surface area contributed by atoms with Crippen LogP contribution in [0.4, 0.5) is 0 Å². The van der Waals surface area contributed by atoms with Crippen molar-refractivity contribution in [3.63, 3.8) is 0 Å². The maximum absolute atomic E-state index is 13.0. The quantitative estimate of drug-likeness (QED) is 0.0195. The fraction of sp³-hybridized carbons (Fsp3) is 0.635. The SMILES string of the molecule is CC/C=C\C/C=C\C/C=C\C/C=C\C/C=C\C/C=C\C/C=C\C/C=C\C/C=C\C/C=C\C/C=C\C/C=C\CCCCCCC(=O)OC(COC(=O)CCCCCCCCCCCCCCCCCCCCCCCCCCCC/C=C\C/C=C\C/C=C\C/C=C\CC)COC(OCC[N+](C)(C)C)C(=O)[O-]. The van der Waals surface area contributed by atoms with Gasteiger partial charge in [-0.1, -0.05) is 375 Å². The number of esters is 2. The first kappa shape index (κ1) is 99.1. The van der Waals surface area contributed by atoms with Crippen molar-refractivity contribution in [1.82, 2.24) is 0 Å². The Balaban J connectivity index is 4.09. The van der Waals surface area contributed by atoms with Crippen molar-refractivity contribution < 1.29 is 42.9 Å². The lowest BCUT2D eigenvalue weighted by Crippen LogP contribution is -2.44. The third kappa shape index (κ3) is 85.3. The van der Waals surface area contributed by atoms with Crippen LogP contribution in [0, 0.1) is 0 Å². The number of quaternary nitrogens is 1. The van der Waals surface area contributed by atoms with Gasteiger partial charge in [-0.05, 0) is 141 Å². The fourth-order valence-electron chi connectivity index (χ4n) is 11.5. The number of carboxylic acids is 1. The first-order chi connectivity index (χ1) is 51.6. The highest BCUT2D eigenvalue weighted by molar-refractivity contribution is 5.70. The number of unbranched alkanes of at least 4 members (excludes halogenated alkanes) is 30. The van der Waals surface area contributed by atoms with E-state index in [-0.39, 0.29) is 38.6 Å². The molecule has 9 nitrogen and oxygen atoms in total. The second-order valence-corrected chi connectivity index (χ2v) is 29.0. The van der Waals surface area contributed by atoms with Gasteiger partial charge in [0.1, 0.15) is 13.2 Å². The smallest absolute Gasteiger partial charge is 0.306 e. The number of likely N-dealkylation sites (N-methyl/N-ethyl adjacent to an activating group) is 1. The van der Waals surface area contributed by atoms with Gasteiger partial charge >= 0.3 is 11.9 Å². The topological polar surface area (TPSA) is 111 Å². The average Bonchev–Trinajstić information content (AvgIpc) is 1.18. The van der Waals surface area contributed by atoms with Crippen LogP contribution in [0.15, 0.2) is 194 Å². The molecule has 0 bridgehead atoms. The summed E-state index contributed by atoms with van der Waals surface area (Å²) in [6.07, 6.45) is 126. The molecular weight excluding hydrogens is 1300 g/mol. The summed E-state index contributed by atoms with van der Waals surface area (Å²) in [4.78, 5) is 37.6. The van der Waals surface area contributed by atoms with E-state index in [4.69, 9.17) is 18.9 Å². The van der Waals surface area contributed by atoms with E-state index in [1.807, 2.05) is 21.1 Å². The van der Waals surface area contributed by atoms with Gasteiger partial charge in [0, 0.05) is 12.8 Å². The molecule has 594 valence electrons. The molecule has 2 atom stereocenters. The highest BCUT2D eigenvalue weighted by atomic mass is 16.7. The van der Waals surface area contributed by atoms with E-state index in [0.717, 1.165) is 148 Å². The summed E-state index contributed by atoms with van der Waals surface area (Å²) in [6, 6.07) is 0. The van der Waals surface area contributed by atoms with Gasteiger partial charge in [-0.3, -0.25) is 9.59 Å². The number of carbonyl (C=O) groups is 3. The first-order valence-corrected chi connectivity index (χ1v) is 42.6. The van der Waals surface area contributed by atoms with Gasteiger partial charge in [0.25, 0.3) is 0 Å². The Bertz CT molecular complexity index is 2450. The van der Waals surface area contributed by atoms with Crippen molar-refractivity contribution in [2.24, 2.45) is 0 Å². The van der Waals surface area contributed by atoms with Crippen LogP contribution in [0.5, 0.6) is 0 Å². The lowest BCUT2D eigenvalue weighted by atomic mass is 10.0. The number of aliphatic carboxylic acids is 1. The Hall–Kier alpha value is -5.87. The molecule has 9 heteroatoms. The molecule has 0 saturated heterocycles. The predicted octanol–water partition coefficient (Wildman–Crippen LogP) is 26.7. The van der Waals surface area contributed by atoms with Crippen LogP contribution in [0.25, 0.3) is 0 Å². The third-order valence-corrected chi connectivity index (χ3v) is 17.8. The standard InChI is InChI=1S/C96H157NO8/c1-6-8-10-12-14-16-18-20-22-24-26-28-30-32-34-36-38-40-42-44-46-47-49-51-53-55-57-59-61-63-65-67-69-71-73-75-77-79-81-83-85-87-94(99)105-92(91-104-96(95(100)101)102-89-88-97(3,4)5)90-103-93(98)86-84-82-80-78-76-74-72-70-68-66-64-62-60-58-56-54-52-50-48-45-43-41-39-37-35-33-31-29-27-25-23-21-19-17-15-13-11-9-7-2/h8-11,14-17,20-23,26-29,32,34,38,40,44,46,49,51,55,57,61,63,67,69,73,75,92,96H,6-7,12-13,18-19,24-25,30-31,33,35-37,39,41-43,45,47-48,50,52-54,56,58-60,62,64-66,68,70-72,74,76-91H2,1-5H3/b10-8-,11-9-,16-14-,17-15-,22-20-,23-21-,28-26-,29-27-,34-32-,40-38-,46-44-,51-49-,57-55-,63-61-,69-67-,75-73-. The van der Waals surface area contributed by atoms with E-state index < -0.39 is 24.3 Å². The normalized spacial score (nSPS) is 13.6. The van der Waals surface area contributed by atoms with Crippen LogP contribution in [-0.2, 0) is 33.3 Å². The summed E-state index contributed by atoms with van der Waals surface area (Å²) in [5.41, 5.74) is 0. The number of nitrogens with zero attached hydrogens (tertiary/aromatic N) is 1. The highest BCUT2D eigenvalue weighted by Crippen LogP contribution is 2.18. The van der Waals surface area contributed by atoms with Crippen molar-refractivity contribution in [2.45, 2.75) is 347 Å². The zero-order valence-corrected chi connectivity index (χ0v) is 68.0. The van der Waals surface area contributed by atoms with Crippen LogP contribution in [0.2, 0.25) is 0 Å². The number of carbonyl (C=O) groups excluding carboxylic acids is 3. The molecule has 105 heavy (non-hydrogen) atoms. The number of hydrogen-bond donors (Lipinski definition) is 0. The molecule has 0 aliphatic carbocycles. The van der Waals surface area contributed by atoms with E-state index in [1.165, 1.54) is 154 Å². The van der Waals surface area contributed by atoms with Crippen molar-refractivity contribution in [2.75, 3.05) is 47.5 Å². The minimum atomic E-state index is -1.64. The minimum Gasteiger partial charge on any atom is -0.545 e. The highest BCUT2D eigenvalue weighted by Gasteiger charge is 2.22. The van der Waals surface area contributed by atoms with Crippen molar-refractivity contribution in [1.29, 1.82) is 0 Å². The molecule has 0 aromatic heterocycles. The van der Waals surface area contributed by atoms with Crippen molar-refractivity contribution >= 4 is 17.9 Å². The summed E-state index contributed by atoms with van der Waals surface area (Å²) >= 11 is 0. The number of ether oxygens (including phenoxy) is 4. The monoisotopic (exact) mass is 1450 g/mol. The Kier molecular flexibility index (Phi) is 79.1. The Morgan fingerprint density at radius 3 is 0.762 bits per heavy atom. The molecule has 0 amide bonds. The summed E-state index contributed by atoms with van der Waals surface area (Å²) in [5, 5.41) is 11.9. The number of carboxylic acid groups (broad SMARTS) is 1. The molecule has 0 radical (unpaired) electrons. The van der Waals surface area contributed by atoms with Crippen LogP contribution in [-0.4, -0.2) is 82.3 Å². The lowest BCUT2D eigenvalue weighted by Gasteiger charge is -2.26. The molecular formula is C96H157NO8. The molecule has 0 N–H and O–H groups in total.